The first-order chi connectivity index (χ1) is 32.5. The van der Waals surface area contributed by atoms with Crippen LogP contribution in [0.4, 0.5) is 49.7 Å². The number of sulfone groups is 1. The lowest BCUT2D eigenvalue weighted by Gasteiger charge is -2.24. The Morgan fingerprint density at radius 3 is 2.14 bits per heavy atom. The maximum atomic E-state index is 15.6. The molecule has 1 saturated carbocycles. The Morgan fingerprint density at radius 1 is 0.958 bits per heavy atom. The molecule has 71 heavy (non-hydrogen) atoms. The van der Waals surface area contributed by atoms with Gasteiger partial charge in [-0.25, -0.2) is 30.6 Å². The first kappa shape index (κ1) is 53.0. The second-order valence-corrected chi connectivity index (χ2v) is 23.0. The predicted molar refractivity (Wildman–Crippen MR) is 238 cm³/mol. The number of rotatable bonds is 13. The molecule has 2 aliphatic carbocycles. The Balaban J connectivity index is 1.50. The molecule has 0 radical (unpaired) electrons. The first-order valence-corrected chi connectivity index (χ1v) is 25.2. The standard InChI is InChI=1S/C44H41ClF10N8O6S2/c1-20(2)34(56)40(65)63(71(6,68)69)39-33-29(45)10-9-26(36(33)62(60-39)19-42(48,49)50)25-8-7-24(11-12-41(3,4)70(5,66)67)57-35(25)30(15-21-13-22(46)16-23(47)14-21)58-31(64)18-61-38-32(37(59-61)44(53,54)55)27-17-28(27)43(38,51)52/h7-10,13-14,16,20,27-28,30,34H,15,17-19,56H2,1-6H3,(H,58,64)/t27-,28+,30?,34?/m0/s1. The second-order valence-electron chi connectivity index (χ2n) is 18.2. The van der Waals surface area contributed by atoms with Gasteiger partial charge in [0.25, 0.3) is 11.8 Å². The topological polar surface area (TPSA) is 192 Å². The number of pyridine rings is 1. The molecule has 7 rings (SSSR count). The lowest BCUT2D eigenvalue weighted by Crippen LogP contribution is -2.49. The van der Waals surface area contributed by atoms with Gasteiger partial charge >= 0.3 is 12.4 Å². The fraction of sp³-hybridized carbons (Fsp3) is 0.432. The molecule has 2 aliphatic rings. The van der Waals surface area contributed by atoms with Crippen molar-refractivity contribution in [3.63, 3.8) is 0 Å². The van der Waals surface area contributed by atoms with Crippen LogP contribution in [0.2, 0.25) is 5.02 Å². The Morgan fingerprint density at radius 2 is 1.58 bits per heavy atom. The van der Waals surface area contributed by atoms with Gasteiger partial charge in [-0.15, -0.1) is 0 Å². The highest BCUT2D eigenvalue weighted by atomic mass is 35.5. The maximum Gasteiger partial charge on any atom is 0.435 e. The summed E-state index contributed by atoms with van der Waals surface area (Å²) in [4.78, 5) is 32.5. The van der Waals surface area contributed by atoms with E-state index in [9.17, 15) is 61.5 Å². The smallest absolute Gasteiger partial charge is 0.346 e. The van der Waals surface area contributed by atoms with Crippen molar-refractivity contribution in [3.05, 3.63) is 93.0 Å². The van der Waals surface area contributed by atoms with Gasteiger partial charge in [0.05, 0.1) is 40.0 Å². The molecule has 14 nitrogen and oxygen atoms in total. The van der Waals surface area contributed by atoms with Crippen LogP contribution in [-0.2, 0) is 61.1 Å². The fourth-order valence-electron chi connectivity index (χ4n) is 8.25. The molecule has 0 saturated heterocycles. The van der Waals surface area contributed by atoms with Crippen LogP contribution in [0, 0.1) is 35.3 Å². The molecule has 0 spiro atoms. The molecule has 27 heteroatoms. The van der Waals surface area contributed by atoms with Crippen LogP contribution in [0.5, 0.6) is 0 Å². The third-order valence-electron chi connectivity index (χ3n) is 12.0. The van der Waals surface area contributed by atoms with Gasteiger partial charge in [0, 0.05) is 34.9 Å². The van der Waals surface area contributed by atoms with Crippen molar-refractivity contribution in [2.45, 2.75) is 94.6 Å². The minimum atomic E-state index is -5.22. The molecule has 3 N–H and O–H groups in total. The van der Waals surface area contributed by atoms with Crippen molar-refractivity contribution in [3.8, 4) is 23.0 Å². The molecule has 3 aromatic heterocycles. The van der Waals surface area contributed by atoms with Gasteiger partial charge in [-0.05, 0) is 80.3 Å². The number of benzene rings is 2. The van der Waals surface area contributed by atoms with E-state index in [0.717, 1.165) is 42.7 Å². The highest BCUT2D eigenvalue weighted by molar-refractivity contribution is 7.93. The zero-order chi connectivity index (χ0) is 52.9. The molecule has 0 aliphatic heterocycles. The number of alkyl halides is 8. The van der Waals surface area contributed by atoms with Crippen molar-refractivity contribution < 1.29 is 70.3 Å². The summed E-state index contributed by atoms with van der Waals surface area (Å²) in [6, 6.07) is 3.30. The van der Waals surface area contributed by atoms with E-state index in [1.807, 2.05) is 0 Å². The van der Waals surface area contributed by atoms with Gasteiger partial charge in [0.15, 0.2) is 21.3 Å². The number of aromatic nitrogens is 5. The predicted octanol–water partition coefficient (Wildman–Crippen LogP) is 7.57. The van der Waals surface area contributed by atoms with E-state index < -0.39 is 160 Å². The summed E-state index contributed by atoms with van der Waals surface area (Å²) in [5, 5.41) is 8.74. The minimum Gasteiger partial charge on any atom is -0.346 e. The normalized spacial score (nSPS) is 17.6. The molecule has 2 amide bonds. The molecule has 0 bridgehead atoms. The van der Waals surface area contributed by atoms with Crippen LogP contribution in [0.3, 0.4) is 0 Å². The Kier molecular flexibility index (Phi) is 13.5. The first-order valence-electron chi connectivity index (χ1n) is 21.1. The van der Waals surface area contributed by atoms with Crippen molar-refractivity contribution in [1.29, 1.82) is 0 Å². The molecule has 382 valence electrons. The van der Waals surface area contributed by atoms with E-state index in [1.165, 1.54) is 27.7 Å². The summed E-state index contributed by atoms with van der Waals surface area (Å²) in [5.74, 6) is -7.97. The highest BCUT2D eigenvalue weighted by Gasteiger charge is 2.68. The van der Waals surface area contributed by atoms with Gasteiger partial charge < -0.3 is 11.1 Å². The van der Waals surface area contributed by atoms with Crippen LogP contribution in [0.15, 0.2) is 42.5 Å². The summed E-state index contributed by atoms with van der Waals surface area (Å²) in [6.45, 7) is 2.15. The zero-order valence-electron chi connectivity index (χ0n) is 37.9. The number of hydrogen-bond acceptors (Lipinski definition) is 10. The number of fused-ring (bicyclic) bond motifs is 4. The molecular formula is C44H41ClF10N8O6S2. The van der Waals surface area contributed by atoms with E-state index in [1.54, 1.807) is 0 Å². The largest absolute Gasteiger partial charge is 0.435 e. The van der Waals surface area contributed by atoms with E-state index >= 15 is 8.78 Å². The van der Waals surface area contributed by atoms with Crippen LogP contribution in [-0.4, -0.2) is 82.7 Å². The van der Waals surface area contributed by atoms with Crippen molar-refractivity contribution in [1.82, 2.24) is 29.9 Å². The van der Waals surface area contributed by atoms with Gasteiger partial charge in [0.2, 0.25) is 15.9 Å². The molecule has 3 heterocycles. The number of anilines is 1. The van der Waals surface area contributed by atoms with Gasteiger partial charge in [-0.1, -0.05) is 37.4 Å². The van der Waals surface area contributed by atoms with E-state index in [4.69, 9.17) is 17.3 Å². The summed E-state index contributed by atoms with van der Waals surface area (Å²) in [7, 11) is -8.68. The lowest BCUT2D eigenvalue weighted by atomic mass is 9.93. The maximum absolute atomic E-state index is 15.6. The number of carbonyl (C=O) groups is 2. The second kappa shape index (κ2) is 18.1. The van der Waals surface area contributed by atoms with Gasteiger partial charge in [-0.2, -0.15) is 49.6 Å². The number of sulfonamides is 1. The molecular weight excluding hydrogens is 1030 g/mol. The number of hydrogen-bond donors (Lipinski definition) is 2. The number of nitrogens with one attached hydrogen (secondary N) is 1. The number of nitrogens with zero attached hydrogens (tertiary/aromatic N) is 6. The van der Waals surface area contributed by atoms with Crippen LogP contribution < -0.4 is 15.4 Å². The molecule has 2 unspecified atom stereocenters. The molecule has 1 fully saturated rings. The number of amides is 2. The van der Waals surface area contributed by atoms with Gasteiger partial charge in [-0.3, -0.25) is 19.0 Å². The summed E-state index contributed by atoms with van der Waals surface area (Å²) in [6.07, 6.45) is -9.86. The van der Waals surface area contributed by atoms with Crippen molar-refractivity contribution in [2.75, 3.05) is 16.8 Å². The average Bonchev–Trinajstić information content (AvgIpc) is 3.73. The van der Waals surface area contributed by atoms with Gasteiger partial charge in [0.1, 0.15) is 40.9 Å². The summed E-state index contributed by atoms with van der Waals surface area (Å²) >= 11 is 6.64. The van der Waals surface area contributed by atoms with Crippen molar-refractivity contribution in [2.24, 2.45) is 17.6 Å². The SMILES string of the molecule is CC(C)C(N)C(=O)N(c1nn(CC(F)(F)F)c2c(-c3ccc(C#CC(C)(C)S(C)(=O)=O)nc3C(Cc3cc(F)cc(F)c3)NC(=O)Cn3nc(C(F)(F)F)c4c3C(F)(F)[C@@H]3C[C@H]43)ccc(Cl)c12)S(C)(=O)=O. The Hall–Kier alpha value is -5.78. The summed E-state index contributed by atoms with van der Waals surface area (Å²) in [5.41, 5.74) is 0.260. The number of carbonyl (C=O) groups excluding carboxylic acids is 2. The number of nitrogens with two attached hydrogens (primary N) is 1. The zero-order valence-corrected chi connectivity index (χ0v) is 40.3. The average molecular weight is 1070 g/mol. The summed E-state index contributed by atoms with van der Waals surface area (Å²) < 4.78 is 198. The van der Waals surface area contributed by atoms with Crippen molar-refractivity contribution >= 4 is 60.0 Å². The van der Waals surface area contributed by atoms with Crippen LogP contribution in [0.25, 0.3) is 22.0 Å². The van der Waals surface area contributed by atoms with Crippen LogP contribution in [0.1, 0.15) is 80.0 Å². The fourth-order valence-corrected chi connectivity index (χ4v) is 9.61. The number of halogens is 11. The van der Waals surface area contributed by atoms with E-state index in [0.29, 0.717) is 12.3 Å². The minimum absolute atomic E-state index is 0.0919. The Bertz CT molecular complexity index is 3290. The molecule has 5 aromatic rings. The van der Waals surface area contributed by atoms with E-state index in [2.05, 4.69) is 32.3 Å². The third-order valence-corrected chi connectivity index (χ3v) is 15.3. The highest BCUT2D eigenvalue weighted by Crippen LogP contribution is 2.68. The van der Waals surface area contributed by atoms with Crippen LogP contribution >= 0.6 is 11.6 Å². The Labute approximate surface area is 403 Å². The van der Waals surface area contributed by atoms with E-state index in [-0.39, 0.29) is 42.5 Å². The lowest BCUT2D eigenvalue weighted by molar-refractivity contribution is -0.143. The molecule has 2 aromatic carbocycles. The third kappa shape index (κ3) is 10.5. The monoisotopic (exact) mass is 1070 g/mol. The molecule has 4 atom stereocenters. The quantitative estimate of drug-likeness (QED) is 0.0879.